The van der Waals surface area contributed by atoms with Gasteiger partial charge in [0.25, 0.3) is 0 Å². The average molecular weight is 204 g/mol. The molecule has 1 rings (SSSR count). The second-order valence-corrected chi connectivity index (χ2v) is 2.18. The Kier molecular flexibility index (Phi) is 10.3. The summed E-state index contributed by atoms with van der Waals surface area (Å²) in [6, 6.07) is 0. The van der Waals surface area contributed by atoms with Gasteiger partial charge in [-0.25, -0.2) is 4.79 Å². The van der Waals surface area contributed by atoms with Crippen LogP contribution >= 0.6 is 0 Å². The van der Waals surface area contributed by atoms with Crippen molar-refractivity contribution in [3.63, 3.8) is 0 Å². The highest BCUT2D eigenvalue weighted by molar-refractivity contribution is 5.75. The number of likely N-dealkylation sites (N-methyl/N-ethyl adjacent to an activating group) is 1. The van der Waals surface area contributed by atoms with Gasteiger partial charge in [-0.15, -0.1) is 0 Å². The fourth-order valence-electron chi connectivity index (χ4n) is 0.471. The van der Waals surface area contributed by atoms with E-state index in [4.69, 9.17) is 11.5 Å². The molecule has 6 heteroatoms. The lowest BCUT2D eigenvalue weighted by Gasteiger charge is -1.98. The predicted molar refractivity (Wildman–Crippen MR) is 57.1 cm³/mol. The molecule has 0 aliphatic carbocycles. The maximum absolute atomic E-state index is 10.3. The van der Waals surface area contributed by atoms with Gasteiger partial charge in [-0.2, -0.15) is 0 Å². The van der Waals surface area contributed by atoms with Crippen molar-refractivity contribution in [1.82, 2.24) is 4.90 Å². The second kappa shape index (κ2) is 9.63. The molecule has 14 heavy (non-hydrogen) atoms. The SMILES string of the molecule is CC.CN1CCOC1=O.CN=C(N)N. The molecule has 0 unspecified atom stereocenters. The molecule has 0 aromatic heterocycles. The Morgan fingerprint density at radius 2 is 1.93 bits per heavy atom. The Labute approximate surface area is 84.9 Å². The first-order valence-electron chi connectivity index (χ1n) is 4.43. The number of nitrogens with zero attached hydrogens (tertiary/aromatic N) is 2. The van der Waals surface area contributed by atoms with Gasteiger partial charge in [-0.3, -0.25) is 4.99 Å². The molecule has 1 heterocycles. The number of ether oxygens (including phenoxy) is 1. The molecule has 0 bridgehead atoms. The molecule has 1 amide bonds. The molecule has 0 saturated carbocycles. The fourth-order valence-corrected chi connectivity index (χ4v) is 0.471. The van der Waals surface area contributed by atoms with Crippen LogP contribution in [0.5, 0.6) is 0 Å². The van der Waals surface area contributed by atoms with Crippen LogP contribution in [0, 0.1) is 0 Å². The van der Waals surface area contributed by atoms with Gasteiger partial charge in [0.15, 0.2) is 5.96 Å². The molecule has 84 valence electrons. The maximum atomic E-state index is 10.3. The third-order valence-electron chi connectivity index (χ3n) is 1.22. The number of carbonyl (C=O) groups is 1. The largest absolute Gasteiger partial charge is 0.448 e. The minimum absolute atomic E-state index is 0.130. The molecule has 1 aliphatic rings. The highest BCUT2D eigenvalue weighted by Crippen LogP contribution is 1.96. The van der Waals surface area contributed by atoms with Crippen LogP contribution in [0.15, 0.2) is 4.99 Å². The molecule has 0 atom stereocenters. The molecule has 0 aromatic rings. The van der Waals surface area contributed by atoms with E-state index in [1.165, 1.54) is 7.05 Å². The van der Waals surface area contributed by atoms with E-state index in [1.807, 2.05) is 13.8 Å². The fraction of sp³-hybridized carbons (Fsp3) is 0.750. The Balaban J connectivity index is 0. The van der Waals surface area contributed by atoms with Crippen molar-refractivity contribution in [2.75, 3.05) is 27.2 Å². The van der Waals surface area contributed by atoms with Gasteiger partial charge in [0.2, 0.25) is 0 Å². The highest BCUT2D eigenvalue weighted by atomic mass is 16.6. The molecule has 1 saturated heterocycles. The summed E-state index contributed by atoms with van der Waals surface area (Å²) in [6.45, 7) is 5.29. The lowest BCUT2D eigenvalue weighted by molar-refractivity contribution is 0.163. The monoisotopic (exact) mass is 204 g/mol. The zero-order valence-corrected chi connectivity index (χ0v) is 9.28. The van der Waals surface area contributed by atoms with Crippen LogP contribution in [-0.4, -0.2) is 44.2 Å². The Hall–Kier alpha value is -1.46. The van der Waals surface area contributed by atoms with E-state index in [9.17, 15) is 4.79 Å². The zero-order chi connectivity index (χ0) is 11.6. The van der Waals surface area contributed by atoms with Crippen molar-refractivity contribution in [3.05, 3.63) is 0 Å². The first-order valence-corrected chi connectivity index (χ1v) is 4.43. The number of hydrogen-bond donors (Lipinski definition) is 2. The van der Waals surface area contributed by atoms with Crippen LogP contribution in [0.25, 0.3) is 0 Å². The second-order valence-electron chi connectivity index (χ2n) is 2.18. The Bertz CT molecular complexity index is 178. The first kappa shape index (κ1) is 15.0. The summed E-state index contributed by atoms with van der Waals surface area (Å²) in [7, 11) is 3.25. The third kappa shape index (κ3) is 8.63. The van der Waals surface area contributed by atoms with Crippen LogP contribution in [0.2, 0.25) is 0 Å². The molecule has 0 radical (unpaired) electrons. The van der Waals surface area contributed by atoms with Crippen molar-refractivity contribution < 1.29 is 9.53 Å². The van der Waals surface area contributed by atoms with Crippen molar-refractivity contribution in [1.29, 1.82) is 0 Å². The van der Waals surface area contributed by atoms with E-state index in [2.05, 4.69) is 9.73 Å². The summed E-state index contributed by atoms with van der Waals surface area (Å²) in [4.78, 5) is 15.2. The smallest absolute Gasteiger partial charge is 0.409 e. The summed E-state index contributed by atoms with van der Waals surface area (Å²) >= 11 is 0. The summed E-state index contributed by atoms with van der Waals surface area (Å²) in [5.74, 6) is 0.130. The number of cyclic esters (lactones) is 1. The summed E-state index contributed by atoms with van der Waals surface area (Å²) in [6.07, 6.45) is -0.208. The van der Waals surface area contributed by atoms with Crippen molar-refractivity contribution in [3.8, 4) is 0 Å². The van der Waals surface area contributed by atoms with E-state index >= 15 is 0 Å². The van der Waals surface area contributed by atoms with Gasteiger partial charge in [0, 0.05) is 14.1 Å². The number of carbonyl (C=O) groups excluding carboxylic acids is 1. The number of nitrogens with two attached hydrogens (primary N) is 2. The van der Waals surface area contributed by atoms with Crippen molar-refractivity contribution >= 4 is 12.1 Å². The molecule has 1 fully saturated rings. The topological polar surface area (TPSA) is 93.9 Å². The number of hydrogen-bond acceptors (Lipinski definition) is 3. The van der Waals surface area contributed by atoms with Crippen LogP contribution in [0.1, 0.15) is 13.8 Å². The lowest BCUT2D eigenvalue weighted by Crippen LogP contribution is -2.21. The maximum Gasteiger partial charge on any atom is 0.409 e. The van der Waals surface area contributed by atoms with E-state index in [0.29, 0.717) is 6.61 Å². The van der Waals surface area contributed by atoms with Crippen LogP contribution in [0.4, 0.5) is 4.79 Å². The van der Waals surface area contributed by atoms with Gasteiger partial charge in [0.1, 0.15) is 6.61 Å². The Morgan fingerprint density at radius 3 is 2.00 bits per heavy atom. The molecule has 0 aromatic carbocycles. The van der Waals surface area contributed by atoms with Gasteiger partial charge < -0.3 is 21.1 Å². The highest BCUT2D eigenvalue weighted by Gasteiger charge is 2.15. The minimum atomic E-state index is -0.208. The predicted octanol–water partition coefficient (Wildman–Crippen LogP) is -0.0158. The molecular weight excluding hydrogens is 184 g/mol. The zero-order valence-electron chi connectivity index (χ0n) is 9.28. The molecule has 4 N–H and O–H groups in total. The molecule has 1 aliphatic heterocycles. The van der Waals surface area contributed by atoms with Gasteiger partial charge >= 0.3 is 6.09 Å². The van der Waals surface area contributed by atoms with Gasteiger partial charge in [-0.05, 0) is 0 Å². The molecule has 0 spiro atoms. The number of guanidine groups is 1. The van der Waals surface area contributed by atoms with E-state index in [1.54, 1.807) is 11.9 Å². The average Bonchev–Trinajstić information content (AvgIpc) is 2.55. The number of amides is 1. The lowest BCUT2D eigenvalue weighted by atomic mass is 10.7. The van der Waals surface area contributed by atoms with E-state index in [0.717, 1.165) is 6.54 Å². The van der Waals surface area contributed by atoms with Gasteiger partial charge in [0.05, 0.1) is 6.54 Å². The van der Waals surface area contributed by atoms with Crippen molar-refractivity contribution in [2.24, 2.45) is 16.5 Å². The van der Waals surface area contributed by atoms with E-state index in [-0.39, 0.29) is 12.1 Å². The number of aliphatic imine (C=N–C) groups is 1. The molecule has 6 nitrogen and oxygen atoms in total. The van der Waals surface area contributed by atoms with Crippen molar-refractivity contribution in [2.45, 2.75) is 13.8 Å². The van der Waals surface area contributed by atoms with E-state index < -0.39 is 0 Å². The summed E-state index contributed by atoms with van der Waals surface area (Å²) < 4.78 is 4.55. The normalized spacial score (nSPS) is 12.9. The third-order valence-corrected chi connectivity index (χ3v) is 1.22. The standard InChI is InChI=1S/C4H7NO2.C2H7N3.C2H6/c1-5-2-3-7-4(5)6;1-5-2(3)4;1-2/h2-3H2,1H3;1H3,(H4,3,4,5);1-2H3. The minimum Gasteiger partial charge on any atom is -0.448 e. The van der Waals surface area contributed by atoms with Crippen LogP contribution in [-0.2, 0) is 4.74 Å². The molecular formula is C8H20N4O2. The summed E-state index contributed by atoms with van der Waals surface area (Å²) in [5.41, 5.74) is 9.64. The number of rotatable bonds is 0. The van der Waals surface area contributed by atoms with Gasteiger partial charge in [-0.1, -0.05) is 13.8 Å². The first-order chi connectivity index (χ1) is 6.57. The Morgan fingerprint density at radius 1 is 1.50 bits per heavy atom. The summed E-state index contributed by atoms with van der Waals surface area (Å²) in [5, 5.41) is 0. The van der Waals surface area contributed by atoms with Crippen LogP contribution in [0.3, 0.4) is 0 Å². The van der Waals surface area contributed by atoms with Crippen LogP contribution < -0.4 is 11.5 Å². The quantitative estimate of drug-likeness (QED) is 0.428.